The van der Waals surface area contributed by atoms with E-state index in [0.717, 1.165) is 0 Å². The van der Waals surface area contributed by atoms with Crippen molar-refractivity contribution in [2.45, 2.75) is 0 Å². The van der Waals surface area contributed by atoms with Crippen molar-refractivity contribution in [3.05, 3.63) is 60.7 Å². The second-order valence-electron chi connectivity index (χ2n) is 3.34. The van der Waals surface area contributed by atoms with Crippen molar-refractivity contribution in [2.75, 3.05) is 0 Å². The zero-order chi connectivity index (χ0) is 13.4. The zero-order valence-corrected chi connectivity index (χ0v) is 11.3. The molecule has 0 bridgehead atoms. The van der Waals surface area contributed by atoms with Crippen LogP contribution < -0.4 is 10.6 Å². The van der Waals surface area contributed by atoms with Crippen LogP contribution in [0.25, 0.3) is 0 Å². The van der Waals surface area contributed by atoms with Crippen LogP contribution in [-0.4, -0.2) is 9.79 Å². The van der Waals surface area contributed by atoms with E-state index in [4.69, 9.17) is 9.46 Å². The summed E-state index contributed by atoms with van der Waals surface area (Å²) in [5, 5.41) is 0.937. The van der Waals surface area contributed by atoms with E-state index >= 15 is 0 Å². The number of rotatable bonds is 2. The Labute approximate surface area is 107 Å². The van der Waals surface area contributed by atoms with Crippen molar-refractivity contribution < 1.29 is 18.9 Å². The fourth-order valence-corrected chi connectivity index (χ4v) is 2.86. The molecule has 0 saturated carbocycles. The molecule has 0 aliphatic heterocycles. The summed E-state index contributed by atoms with van der Waals surface area (Å²) in [6.07, 6.45) is 0. The van der Waals surface area contributed by atoms with Gasteiger partial charge in [0.2, 0.25) is 0 Å². The third-order valence-corrected chi connectivity index (χ3v) is 4.21. The van der Waals surface area contributed by atoms with E-state index in [9.17, 15) is 9.46 Å². The highest BCUT2D eigenvalue weighted by Gasteiger charge is 2.22. The Hall–Kier alpha value is -1.31. The molecule has 0 spiro atoms. The van der Waals surface area contributed by atoms with Gasteiger partial charge in [-0.3, -0.25) is 4.57 Å². The van der Waals surface area contributed by atoms with Gasteiger partial charge in [-0.25, -0.2) is 0 Å². The molecular formula is C12H13O4P2+. The van der Waals surface area contributed by atoms with Crippen LogP contribution in [0.15, 0.2) is 60.7 Å². The first-order chi connectivity index (χ1) is 8.62. The smallest absolute Gasteiger partial charge is 0.338 e. The van der Waals surface area contributed by atoms with Crippen LogP contribution in [-0.2, 0) is 9.13 Å². The van der Waals surface area contributed by atoms with Gasteiger partial charge in [-0.05, 0) is 28.8 Å². The first-order valence-electron chi connectivity index (χ1n) is 5.08. The second kappa shape index (κ2) is 7.20. The number of hydrogen-bond acceptors (Lipinski definition) is 2. The molecule has 0 amide bonds. The largest absolute Gasteiger partial charge is 0.491 e. The Morgan fingerprint density at radius 3 is 1.39 bits per heavy atom. The van der Waals surface area contributed by atoms with E-state index in [0.29, 0.717) is 10.6 Å². The number of benzene rings is 2. The van der Waals surface area contributed by atoms with Crippen LogP contribution >= 0.6 is 16.1 Å². The van der Waals surface area contributed by atoms with Gasteiger partial charge in [0.1, 0.15) is 0 Å². The minimum absolute atomic E-state index is 0.469. The lowest BCUT2D eigenvalue weighted by Gasteiger charge is -2.11. The van der Waals surface area contributed by atoms with Crippen molar-refractivity contribution in [2.24, 2.45) is 0 Å². The molecule has 0 aliphatic rings. The summed E-state index contributed by atoms with van der Waals surface area (Å²) in [4.78, 5) is 17.1. The van der Waals surface area contributed by atoms with Gasteiger partial charge in [0.15, 0.2) is 0 Å². The van der Waals surface area contributed by atoms with Crippen molar-refractivity contribution >= 4 is 26.7 Å². The monoisotopic (exact) mass is 283 g/mol. The molecule has 0 fully saturated rings. The highest BCUT2D eigenvalue weighted by atomic mass is 31.2. The molecular weight excluding hydrogens is 270 g/mol. The Bertz CT molecular complexity index is 485. The molecule has 0 heterocycles. The molecule has 2 rings (SSSR count). The van der Waals surface area contributed by atoms with Crippen LogP contribution in [0, 0.1) is 0 Å². The van der Waals surface area contributed by atoms with Crippen molar-refractivity contribution in [3.63, 3.8) is 0 Å². The third-order valence-electron chi connectivity index (χ3n) is 2.21. The van der Waals surface area contributed by atoms with Crippen LogP contribution in [0.4, 0.5) is 0 Å². The third kappa shape index (κ3) is 3.86. The van der Waals surface area contributed by atoms with Crippen LogP contribution in [0.1, 0.15) is 0 Å². The molecule has 0 radical (unpaired) electrons. The second-order valence-corrected chi connectivity index (χ2v) is 5.71. The van der Waals surface area contributed by atoms with E-state index in [2.05, 4.69) is 0 Å². The van der Waals surface area contributed by atoms with E-state index in [1.807, 2.05) is 12.1 Å². The van der Waals surface area contributed by atoms with E-state index in [1.165, 1.54) is 0 Å². The minimum atomic E-state index is -3.40. The highest BCUT2D eigenvalue weighted by Crippen LogP contribution is 2.37. The van der Waals surface area contributed by atoms with Crippen molar-refractivity contribution in [1.29, 1.82) is 0 Å². The average molecular weight is 283 g/mol. The standard InChI is InChI=1S/C12H11O2P.HO2P/c13-15(14,11-7-3-1-4-8-11)12-9-5-2-6-10-12;1-3-2/h1-10H,(H,13,14);3H/p+1. The Kier molecular flexibility index (Phi) is 5.90. The summed E-state index contributed by atoms with van der Waals surface area (Å²) in [5.74, 6) is 0. The van der Waals surface area contributed by atoms with Gasteiger partial charge in [0.05, 0.1) is 0 Å². The Morgan fingerprint density at radius 1 is 0.833 bits per heavy atom. The first-order valence-corrected chi connectivity index (χ1v) is 7.59. The highest BCUT2D eigenvalue weighted by molar-refractivity contribution is 7.73. The summed E-state index contributed by atoms with van der Waals surface area (Å²) in [6.45, 7) is 0. The topological polar surface area (TPSA) is 74.6 Å². The minimum Gasteiger partial charge on any atom is -0.338 e. The maximum Gasteiger partial charge on any atom is 0.491 e. The predicted molar refractivity (Wildman–Crippen MR) is 73.2 cm³/mol. The van der Waals surface area contributed by atoms with Crippen molar-refractivity contribution in [1.82, 2.24) is 0 Å². The van der Waals surface area contributed by atoms with Crippen LogP contribution in [0.5, 0.6) is 0 Å². The van der Waals surface area contributed by atoms with Gasteiger partial charge in [-0.2, -0.15) is 4.89 Å². The van der Waals surface area contributed by atoms with Gasteiger partial charge in [0.25, 0.3) is 7.37 Å². The van der Waals surface area contributed by atoms with Gasteiger partial charge in [-0.15, -0.1) is 0 Å². The summed E-state index contributed by atoms with van der Waals surface area (Å²) in [5.41, 5.74) is 0. The van der Waals surface area contributed by atoms with E-state index < -0.39 is 16.1 Å². The molecule has 2 N–H and O–H groups in total. The van der Waals surface area contributed by atoms with Crippen LogP contribution in [0.2, 0.25) is 0 Å². The molecule has 6 heteroatoms. The molecule has 4 nitrogen and oxygen atoms in total. The Balaban J connectivity index is 0.000000492. The Morgan fingerprint density at radius 2 is 1.11 bits per heavy atom. The fourth-order valence-electron chi connectivity index (χ4n) is 1.41. The lowest BCUT2D eigenvalue weighted by molar-refractivity contribution is 0.501. The van der Waals surface area contributed by atoms with Gasteiger partial charge >= 0.3 is 8.69 Å². The molecule has 2 aromatic carbocycles. The average Bonchev–Trinajstić information content (AvgIpc) is 2.42. The van der Waals surface area contributed by atoms with Gasteiger partial charge < -0.3 is 4.89 Å². The van der Waals surface area contributed by atoms with E-state index in [1.54, 1.807) is 48.5 Å². The first kappa shape index (κ1) is 14.7. The quantitative estimate of drug-likeness (QED) is 0.824. The fraction of sp³-hybridized carbons (Fsp3) is 0. The molecule has 2 aromatic rings. The number of hydrogen-bond donors (Lipinski definition) is 2. The summed E-state index contributed by atoms with van der Waals surface area (Å²) in [6, 6.07) is 17.4. The maximum absolute atomic E-state index is 12.2. The lowest BCUT2D eigenvalue weighted by atomic mass is 10.4. The molecule has 94 valence electrons. The molecule has 0 aliphatic carbocycles. The van der Waals surface area contributed by atoms with Crippen molar-refractivity contribution in [3.8, 4) is 0 Å². The molecule has 18 heavy (non-hydrogen) atoms. The zero-order valence-electron chi connectivity index (χ0n) is 9.43. The van der Waals surface area contributed by atoms with Gasteiger partial charge in [0, 0.05) is 10.6 Å². The summed E-state index contributed by atoms with van der Waals surface area (Å²) >= 11 is 0. The summed E-state index contributed by atoms with van der Waals surface area (Å²) in [7, 11) is -4.56. The maximum atomic E-state index is 12.2. The van der Waals surface area contributed by atoms with Crippen LogP contribution in [0.3, 0.4) is 0 Å². The predicted octanol–water partition coefficient (Wildman–Crippen LogP) is 1.83. The molecule has 1 unspecified atom stereocenters. The van der Waals surface area contributed by atoms with Gasteiger partial charge in [-0.1, -0.05) is 36.4 Å². The SMILES string of the molecule is O=P(O)(c1ccccc1)c1ccccc1.O=[PH+]O. The summed E-state index contributed by atoms with van der Waals surface area (Å²) < 4.78 is 20.7. The molecule has 0 aromatic heterocycles. The molecule has 1 atom stereocenters. The normalized spacial score (nSPS) is 10.6. The lowest BCUT2D eigenvalue weighted by Crippen LogP contribution is -2.14. The molecule has 0 saturated heterocycles. The van der Waals surface area contributed by atoms with E-state index in [-0.39, 0.29) is 0 Å².